The number of ether oxygens (including phenoxy) is 1. The summed E-state index contributed by atoms with van der Waals surface area (Å²) in [5, 5.41) is 5.72. The summed E-state index contributed by atoms with van der Waals surface area (Å²) < 4.78 is 29.5. The second-order valence-corrected chi connectivity index (χ2v) is 9.48. The van der Waals surface area contributed by atoms with Crippen LogP contribution < -0.4 is 20.2 Å². The Morgan fingerprint density at radius 3 is 2.57 bits per heavy atom. The highest BCUT2D eigenvalue weighted by Gasteiger charge is 2.32. The molecule has 0 aliphatic carbocycles. The van der Waals surface area contributed by atoms with Gasteiger partial charge < -0.3 is 9.64 Å². The van der Waals surface area contributed by atoms with Gasteiger partial charge in [0.1, 0.15) is 11.5 Å². The number of nitrogens with two attached hydrogens (primary N) is 1. The van der Waals surface area contributed by atoms with Crippen LogP contribution in [-0.4, -0.2) is 36.9 Å². The first-order chi connectivity index (χ1) is 13.3. The summed E-state index contributed by atoms with van der Waals surface area (Å²) in [5.74, 6) is 1.47. The molecule has 0 bridgehead atoms. The first-order valence-electron chi connectivity index (χ1n) is 8.39. The third kappa shape index (κ3) is 3.79. The summed E-state index contributed by atoms with van der Waals surface area (Å²) >= 11 is 1.07. The van der Waals surface area contributed by atoms with Gasteiger partial charge in [-0.25, -0.2) is 23.2 Å². The molecule has 1 aliphatic rings. The van der Waals surface area contributed by atoms with Crippen LogP contribution >= 0.6 is 11.8 Å². The number of nitrogens with zero attached hydrogens (tertiary/aromatic N) is 3. The van der Waals surface area contributed by atoms with Crippen molar-refractivity contribution in [2.75, 3.05) is 24.4 Å². The van der Waals surface area contributed by atoms with Crippen LogP contribution in [0.25, 0.3) is 11.3 Å². The Hall–Kier alpha value is -2.69. The van der Waals surface area contributed by atoms with Crippen molar-refractivity contribution < 1.29 is 13.2 Å². The van der Waals surface area contributed by atoms with Crippen LogP contribution in [0, 0.1) is 0 Å². The molecule has 1 aliphatic heterocycles. The molecule has 2 heterocycles. The monoisotopic (exact) mass is 417 g/mol. The Morgan fingerprint density at radius 2 is 1.93 bits per heavy atom. The average molecular weight is 418 g/mol. The van der Waals surface area contributed by atoms with E-state index in [4.69, 9.17) is 9.88 Å². The minimum absolute atomic E-state index is 0.551. The number of sulfonamides is 1. The maximum absolute atomic E-state index is 11.4. The summed E-state index contributed by atoms with van der Waals surface area (Å²) in [4.78, 5) is 6.48. The third-order valence-electron chi connectivity index (χ3n) is 4.15. The molecule has 0 saturated heterocycles. The highest BCUT2D eigenvalue weighted by Crippen LogP contribution is 2.33. The van der Waals surface area contributed by atoms with Gasteiger partial charge in [0.2, 0.25) is 14.7 Å². The average Bonchev–Trinajstić information content (AvgIpc) is 3.21. The van der Waals surface area contributed by atoms with E-state index in [0.717, 1.165) is 34.5 Å². The van der Waals surface area contributed by atoms with Crippen molar-refractivity contribution in [3.8, 4) is 22.8 Å². The molecule has 0 amide bonds. The molecule has 4 rings (SSSR count). The first kappa shape index (κ1) is 18.7. The number of fused-ring (bicyclic) bond motifs is 1. The van der Waals surface area contributed by atoms with Crippen LogP contribution in [0.1, 0.15) is 0 Å². The van der Waals surface area contributed by atoms with Crippen molar-refractivity contribution in [2.45, 2.75) is 9.86 Å². The Balaban J connectivity index is 1.49. The van der Waals surface area contributed by atoms with E-state index in [1.54, 1.807) is 10.9 Å². The van der Waals surface area contributed by atoms with E-state index in [0.29, 0.717) is 10.9 Å². The molecule has 3 N–H and O–H groups in total. The quantitative estimate of drug-likeness (QED) is 0.658. The predicted molar refractivity (Wildman–Crippen MR) is 111 cm³/mol. The molecule has 10 heteroatoms. The number of imidazole rings is 1. The number of benzene rings is 2. The van der Waals surface area contributed by atoms with Gasteiger partial charge in [0, 0.05) is 31.4 Å². The van der Waals surface area contributed by atoms with Gasteiger partial charge in [-0.2, -0.15) is 0 Å². The molecule has 3 aromatic rings. The second kappa shape index (κ2) is 7.04. The van der Waals surface area contributed by atoms with Gasteiger partial charge in [-0.05, 0) is 48.2 Å². The Bertz CT molecular complexity index is 1090. The maximum Gasteiger partial charge on any atom is 0.241 e. The van der Waals surface area contributed by atoms with Gasteiger partial charge in [0.15, 0.2) is 5.16 Å². The summed E-state index contributed by atoms with van der Waals surface area (Å²) in [7, 11) is 0.271. The molecule has 0 radical (unpaired) electrons. The van der Waals surface area contributed by atoms with Crippen LogP contribution in [0.3, 0.4) is 0 Å². The molecule has 2 aromatic carbocycles. The number of aromatic nitrogens is 2. The molecule has 1 aromatic heterocycles. The smallest absolute Gasteiger partial charge is 0.241 e. The zero-order chi connectivity index (χ0) is 19.9. The highest BCUT2D eigenvalue weighted by atomic mass is 32.3. The molecule has 0 fully saturated rings. The maximum atomic E-state index is 11.4. The van der Waals surface area contributed by atoms with E-state index < -0.39 is 14.7 Å². The number of primary sulfonamides is 1. The summed E-state index contributed by atoms with van der Waals surface area (Å²) in [5.41, 5.74) is 5.48. The van der Waals surface area contributed by atoms with Crippen molar-refractivity contribution in [2.24, 2.45) is 5.14 Å². The standard InChI is InChI=1S/C18H19N5O3S2/c1-22(2)13-4-3-5-15(10-13)26-14-8-6-12(7-9-14)16-11-23-17(20-16)27-18(21-23)28(19,24)25/h3-11,18,21H,1-2H3,(H2,19,24,25). The normalized spacial score (nSPS) is 15.8. The summed E-state index contributed by atoms with van der Waals surface area (Å²) in [6.07, 6.45) is 1.74. The van der Waals surface area contributed by atoms with Crippen LogP contribution in [0.2, 0.25) is 0 Å². The number of thioether (sulfide) groups is 1. The van der Waals surface area contributed by atoms with E-state index in [2.05, 4.69) is 10.4 Å². The van der Waals surface area contributed by atoms with Gasteiger partial charge in [-0.3, -0.25) is 5.43 Å². The predicted octanol–water partition coefficient (Wildman–Crippen LogP) is 2.63. The lowest BCUT2D eigenvalue weighted by molar-refractivity contribution is 0.483. The molecular weight excluding hydrogens is 398 g/mol. The summed E-state index contributed by atoms with van der Waals surface area (Å²) in [6, 6.07) is 15.4. The van der Waals surface area contributed by atoms with Gasteiger partial charge in [-0.1, -0.05) is 6.07 Å². The molecule has 28 heavy (non-hydrogen) atoms. The van der Waals surface area contributed by atoms with Crippen LogP contribution in [0.15, 0.2) is 59.9 Å². The van der Waals surface area contributed by atoms with Crippen molar-refractivity contribution >= 4 is 27.5 Å². The Kier molecular flexibility index (Phi) is 4.69. The van der Waals surface area contributed by atoms with Crippen molar-refractivity contribution in [3.05, 3.63) is 54.7 Å². The fourth-order valence-electron chi connectivity index (χ4n) is 2.71. The second-order valence-electron chi connectivity index (χ2n) is 6.46. The van der Waals surface area contributed by atoms with Crippen molar-refractivity contribution in [1.82, 2.24) is 9.66 Å². The van der Waals surface area contributed by atoms with Gasteiger partial charge in [0.05, 0.1) is 11.9 Å². The topological polar surface area (TPSA) is 102 Å². The fourth-order valence-corrected chi connectivity index (χ4v) is 4.49. The number of hydrogen-bond acceptors (Lipinski definition) is 7. The highest BCUT2D eigenvalue weighted by molar-refractivity contribution is 8.12. The zero-order valence-electron chi connectivity index (χ0n) is 15.2. The third-order valence-corrected chi connectivity index (χ3v) is 6.76. The minimum atomic E-state index is -3.69. The van der Waals surface area contributed by atoms with E-state index in [9.17, 15) is 8.42 Å². The number of nitrogens with one attached hydrogen (secondary N) is 1. The van der Waals surface area contributed by atoms with E-state index in [1.165, 1.54) is 0 Å². The number of anilines is 1. The van der Waals surface area contributed by atoms with Crippen LogP contribution in [-0.2, 0) is 10.0 Å². The summed E-state index contributed by atoms with van der Waals surface area (Å²) in [6.45, 7) is 0. The minimum Gasteiger partial charge on any atom is -0.457 e. The number of hydrogen-bond donors (Lipinski definition) is 2. The van der Waals surface area contributed by atoms with E-state index in [-0.39, 0.29) is 0 Å². The molecule has 8 nitrogen and oxygen atoms in total. The molecule has 1 unspecified atom stereocenters. The van der Waals surface area contributed by atoms with Gasteiger partial charge in [-0.15, -0.1) is 0 Å². The van der Waals surface area contributed by atoms with Gasteiger partial charge in [0.25, 0.3) is 0 Å². The zero-order valence-corrected chi connectivity index (χ0v) is 16.9. The van der Waals surface area contributed by atoms with Crippen LogP contribution in [0.4, 0.5) is 5.69 Å². The van der Waals surface area contributed by atoms with E-state index >= 15 is 0 Å². The fraction of sp³-hybridized carbons (Fsp3) is 0.167. The van der Waals surface area contributed by atoms with Crippen molar-refractivity contribution in [3.63, 3.8) is 0 Å². The van der Waals surface area contributed by atoms with E-state index in [1.807, 2.05) is 67.5 Å². The molecule has 146 valence electrons. The van der Waals surface area contributed by atoms with Crippen molar-refractivity contribution in [1.29, 1.82) is 0 Å². The molecule has 0 saturated carbocycles. The SMILES string of the molecule is CN(C)c1cccc(Oc2ccc(-c3cn4c(n3)SC(S(N)(=O)=O)N4)cc2)c1. The molecule has 0 spiro atoms. The lowest BCUT2D eigenvalue weighted by atomic mass is 10.1. The Morgan fingerprint density at radius 1 is 1.18 bits per heavy atom. The first-order valence-corrected chi connectivity index (χ1v) is 10.9. The number of rotatable bonds is 5. The Labute approximate surface area is 167 Å². The van der Waals surface area contributed by atoms with Gasteiger partial charge >= 0.3 is 0 Å². The molecule has 1 atom stereocenters. The van der Waals surface area contributed by atoms with Crippen LogP contribution in [0.5, 0.6) is 11.5 Å². The largest absolute Gasteiger partial charge is 0.457 e. The molecular formula is C18H19N5O3S2. The lowest BCUT2D eigenvalue weighted by Crippen LogP contribution is -2.32. The lowest BCUT2D eigenvalue weighted by Gasteiger charge is -2.14.